The largest absolute Gasteiger partial charge is 0.340 e. The summed E-state index contributed by atoms with van der Waals surface area (Å²) in [5, 5.41) is 0. The van der Waals surface area contributed by atoms with Crippen molar-refractivity contribution < 1.29 is 4.79 Å². The van der Waals surface area contributed by atoms with Crippen LogP contribution in [0.15, 0.2) is 60.8 Å². The van der Waals surface area contributed by atoms with Crippen molar-refractivity contribution in [2.24, 2.45) is 0 Å². The first-order valence-electron chi connectivity index (χ1n) is 11.3. The molecule has 1 saturated carbocycles. The van der Waals surface area contributed by atoms with Crippen LogP contribution in [-0.2, 0) is 4.79 Å². The molecule has 1 amide bonds. The lowest BCUT2D eigenvalue weighted by Gasteiger charge is -2.43. The molecule has 0 radical (unpaired) electrons. The second-order valence-corrected chi connectivity index (χ2v) is 8.48. The van der Waals surface area contributed by atoms with Crippen LogP contribution >= 0.6 is 0 Å². The molecule has 2 aliphatic rings. The Kier molecular flexibility index (Phi) is 5.18. The molecule has 2 aromatic carbocycles. The van der Waals surface area contributed by atoms with Gasteiger partial charge in [0.15, 0.2) is 11.6 Å². The van der Waals surface area contributed by atoms with Gasteiger partial charge in [0.1, 0.15) is 11.7 Å². The second kappa shape index (κ2) is 8.14. The molecule has 2 heterocycles. The van der Waals surface area contributed by atoms with Crippen LogP contribution in [0.1, 0.15) is 39.0 Å². The number of carbonyl (C=O) groups is 1. The summed E-state index contributed by atoms with van der Waals surface area (Å²) >= 11 is 0. The molecule has 0 saturated heterocycles. The molecule has 1 fully saturated rings. The van der Waals surface area contributed by atoms with Crippen molar-refractivity contribution in [3.8, 4) is 22.5 Å². The fourth-order valence-corrected chi connectivity index (χ4v) is 5.06. The molecule has 3 aromatic rings. The third kappa shape index (κ3) is 3.38. The van der Waals surface area contributed by atoms with Crippen molar-refractivity contribution in [3.05, 3.63) is 60.8 Å². The van der Waals surface area contributed by atoms with Crippen LogP contribution in [0.5, 0.6) is 0 Å². The van der Waals surface area contributed by atoms with Gasteiger partial charge in [0, 0.05) is 18.7 Å². The molecule has 5 heteroatoms. The topological polar surface area (TPSA) is 49.3 Å². The summed E-state index contributed by atoms with van der Waals surface area (Å²) in [4.78, 5) is 27.0. The van der Waals surface area contributed by atoms with Crippen molar-refractivity contribution in [2.45, 2.75) is 51.1 Å². The highest BCUT2D eigenvalue weighted by molar-refractivity contribution is 6.04. The first-order valence-corrected chi connectivity index (χ1v) is 11.3. The maximum absolute atomic E-state index is 13.1. The van der Waals surface area contributed by atoms with E-state index >= 15 is 0 Å². The minimum Gasteiger partial charge on any atom is -0.340 e. The van der Waals surface area contributed by atoms with E-state index in [2.05, 4.69) is 42.2 Å². The highest BCUT2D eigenvalue weighted by Gasteiger charge is 2.41. The van der Waals surface area contributed by atoms with E-state index < -0.39 is 0 Å². The predicted molar refractivity (Wildman–Crippen MR) is 125 cm³/mol. The number of hydrogen-bond donors (Lipinski definition) is 0. The number of carbonyl (C=O) groups excluding carboxylic acids is 1. The number of amides is 1. The van der Waals surface area contributed by atoms with E-state index in [1.807, 2.05) is 37.5 Å². The lowest BCUT2D eigenvalue weighted by Crippen LogP contribution is -2.55. The molecule has 1 aromatic heterocycles. The second-order valence-electron chi connectivity index (χ2n) is 8.48. The highest BCUT2D eigenvalue weighted by Crippen LogP contribution is 2.41. The van der Waals surface area contributed by atoms with Gasteiger partial charge in [-0.1, -0.05) is 74.4 Å². The number of aromatic nitrogens is 2. The molecular formula is C26H28N4O. The molecule has 0 N–H and O–H groups in total. The summed E-state index contributed by atoms with van der Waals surface area (Å²) < 4.78 is 0. The summed E-state index contributed by atoms with van der Waals surface area (Å²) in [5.41, 5.74) is 4.08. The maximum Gasteiger partial charge on any atom is 0.249 e. The molecule has 1 aliphatic heterocycles. The minimum atomic E-state index is -0.160. The van der Waals surface area contributed by atoms with Gasteiger partial charge < -0.3 is 9.80 Å². The molecule has 1 aliphatic carbocycles. The number of nitrogens with zero attached hydrogens (tertiary/aromatic N) is 4. The summed E-state index contributed by atoms with van der Waals surface area (Å²) in [7, 11) is 1.84. The van der Waals surface area contributed by atoms with Crippen LogP contribution < -0.4 is 9.80 Å². The summed E-state index contributed by atoms with van der Waals surface area (Å²) in [6, 6.07) is 18.8. The number of rotatable bonds is 4. The Morgan fingerprint density at radius 2 is 1.65 bits per heavy atom. The van der Waals surface area contributed by atoms with E-state index in [4.69, 9.17) is 9.97 Å². The van der Waals surface area contributed by atoms with Crippen LogP contribution in [0.25, 0.3) is 22.5 Å². The van der Waals surface area contributed by atoms with Crippen molar-refractivity contribution in [1.82, 2.24) is 9.97 Å². The molecule has 1 atom stereocenters. The third-order valence-electron chi connectivity index (χ3n) is 6.66. The number of hydrogen-bond acceptors (Lipinski definition) is 4. The zero-order valence-corrected chi connectivity index (χ0v) is 18.2. The van der Waals surface area contributed by atoms with Gasteiger partial charge in [-0.2, -0.15) is 0 Å². The van der Waals surface area contributed by atoms with E-state index in [1.54, 1.807) is 4.90 Å². The smallest absolute Gasteiger partial charge is 0.249 e. The van der Waals surface area contributed by atoms with Crippen molar-refractivity contribution in [3.63, 3.8) is 0 Å². The Hall–Kier alpha value is -3.21. The van der Waals surface area contributed by atoms with E-state index in [0.29, 0.717) is 11.9 Å². The monoisotopic (exact) mass is 412 g/mol. The standard InChI is InChI=1S/C26H28N4O/c1-3-22-26(31)29(2)23-17-27-24(28-25(23)30(22)19-13-7-8-14-19)21-16-10-9-15-20(21)18-11-5-4-6-12-18/h4-6,9-12,15-17,19,22H,3,7-8,13-14H2,1-2H3. The van der Waals surface area contributed by atoms with Crippen molar-refractivity contribution >= 4 is 17.4 Å². The number of anilines is 2. The van der Waals surface area contributed by atoms with Crippen LogP contribution in [0.2, 0.25) is 0 Å². The van der Waals surface area contributed by atoms with E-state index in [0.717, 1.165) is 47.5 Å². The molecule has 31 heavy (non-hydrogen) atoms. The fourth-order valence-electron chi connectivity index (χ4n) is 5.06. The van der Waals surface area contributed by atoms with Crippen LogP contribution in [0.3, 0.4) is 0 Å². The first kappa shape index (κ1) is 19.7. The number of fused-ring (bicyclic) bond motifs is 1. The van der Waals surface area contributed by atoms with Gasteiger partial charge in [-0.3, -0.25) is 4.79 Å². The van der Waals surface area contributed by atoms with Crippen molar-refractivity contribution in [1.29, 1.82) is 0 Å². The quantitative estimate of drug-likeness (QED) is 0.582. The highest BCUT2D eigenvalue weighted by atomic mass is 16.2. The Morgan fingerprint density at radius 1 is 0.968 bits per heavy atom. The number of benzene rings is 2. The Labute approximate surface area is 183 Å². The maximum atomic E-state index is 13.1. The van der Waals surface area contributed by atoms with Crippen LogP contribution in [0, 0.1) is 0 Å². The summed E-state index contributed by atoms with van der Waals surface area (Å²) in [6.07, 6.45) is 7.27. The number of likely N-dealkylation sites (N-methyl/N-ethyl adjacent to an activating group) is 1. The fraction of sp³-hybridized carbons (Fsp3) is 0.346. The average molecular weight is 413 g/mol. The Balaban J connectivity index is 1.66. The molecule has 1 unspecified atom stereocenters. The SMILES string of the molecule is CCC1C(=O)N(C)c2cnc(-c3ccccc3-c3ccccc3)nc2N1C1CCCC1. The molecule has 5 nitrogen and oxygen atoms in total. The zero-order valence-electron chi connectivity index (χ0n) is 18.2. The van der Waals surface area contributed by atoms with Gasteiger partial charge >= 0.3 is 0 Å². The molecule has 0 spiro atoms. The van der Waals surface area contributed by atoms with Gasteiger partial charge in [-0.15, -0.1) is 0 Å². The van der Waals surface area contributed by atoms with E-state index in [9.17, 15) is 4.79 Å². The Morgan fingerprint density at radius 3 is 2.35 bits per heavy atom. The molecule has 5 rings (SSSR count). The van der Waals surface area contributed by atoms with Gasteiger partial charge in [0.05, 0.1) is 6.20 Å². The van der Waals surface area contributed by atoms with E-state index in [1.165, 1.54) is 12.8 Å². The lowest BCUT2D eigenvalue weighted by molar-refractivity contribution is -0.120. The van der Waals surface area contributed by atoms with Gasteiger partial charge in [-0.25, -0.2) is 9.97 Å². The normalized spacial score (nSPS) is 19.0. The summed E-state index contributed by atoms with van der Waals surface area (Å²) in [5.74, 6) is 1.75. The molecular weight excluding hydrogens is 384 g/mol. The molecule has 0 bridgehead atoms. The zero-order chi connectivity index (χ0) is 21.4. The van der Waals surface area contributed by atoms with E-state index in [-0.39, 0.29) is 11.9 Å². The summed E-state index contributed by atoms with van der Waals surface area (Å²) in [6.45, 7) is 2.09. The van der Waals surface area contributed by atoms with Crippen LogP contribution in [-0.4, -0.2) is 35.0 Å². The Bertz CT molecular complexity index is 1090. The van der Waals surface area contributed by atoms with Gasteiger partial charge in [0.2, 0.25) is 5.91 Å². The van der Waals surface area contributed by atoms with Crippen LogP contribution in [0.4, 0.5) is 11.5 Å². The average Bonchev–Trinajstić information content (AvgIpc) is 3.36. The predicted octanol–water partition coefficient (Wildman–Crippen LogP) is 5.31. The lowest BCUT2D eigenvalue weighted by atomic mass is 9.99. The van der Waals surface area contributed by atoms with Gasteiger partial charge in [0.25, 0.3) is 0 Å². The minimum absolute atomic E-state index is 0.142. The van der Waals surface area contributed by atoms with Crippen molar-refractivity contribution in [2.75, 3.05) is 16.8 Å². The van der Waals surface area contributed by atoms with Gasteiger partial charge in [-0.05, 0) is 30.4 Å². The molecule has 158 valence electrons. The third-order valence-corrected chi connectivity index (χ3v) is 6.66. The first-order chi connectivity index (χ1) is 15.2.